The van der Waals surface area contributed by atoms with Crippen LogP contribution < -0.4 is 0 Å². The maximum atomic E-state index is 13.4. The van der Waals surface area contributed by atoms with Crippen molar-refractivity contribution in [2.24, 2.45) is 5.41 Å². The summed E-state index contributed by atoms with van der Waals surface area (Å²) in [7, 11) is 0. The lowest BCUT2D eigenvalue weighted by Crippen LogP contribution is -2.41. The molecular formula is C19H21F2N3OS. The fraction of sp³-hybridized carbons (Fsp3) is 0.474. The van der Waals surface area contributed by atoms with Gasteiger partial charge in [0.05, 0.1) is 6.54 Å². The second-order valence-electron chi connectivity index (χ2n) is 7.38. The number of carbonyl (C=O) groups is 1. The van der Waals surface area contributed by atoms with Crippen LogP contribution in [0.1, 0.15) is 29.8 Å². The molecule has 0 atom stereocenters. The summed E-state index contributed by atoms with van der Waals surface area (Å²) in [5.74, 6) is -1.60. The number of benzene rings is 1. The molecule has 0 unspecified atom stereocenters. The highest BCUT2D eigenvalue weighted by Gasteiger charge is 2.44. The molecule has 1 aromatic heterocycles. The third-order valence-electron chi connectivity index (χ3n) is 5.52. The van der Waals surface area contributed by atoms with Crippen LogP contribution in [0.5, 0.6) is 0 Å². The van der Waals surface area contributed by atoms with Gasteiger partial charge in [-0.15, -0.1) is 11.3 Å². The molecule has 0 N–H and O–H groups in total. The number of likely N-dealkylation sites (tertiary alicyclic amines) is 2. The minimum absolute atomic E-state index is 0.0229. The minimum Gasteiger partial charge on any atom is -0.338 e. The van der Waals surface area contributed by atoms with Crippen molar-refractivity contribution in [1.29, 1.82) is 0 Å². The normalized spacial score (nSPS) is 20.2. The highest BCUT2D eigenvalue weighted by Crippen LogP contribution is 2.41. The zero-order chi connectivity index (χ0) is 18.1. The molecule has 3 heterocycles. The number of amides is 1. The number of halogens is 2. The molecule has 0 radical (unpaired) electrons. The van der Waals surface area contributed by atoms with Crippen LogP contribution in [-0.2, 0) is 17.9 Å². The molecule has 2 aromatic rings. The van der Waals surface area contributed by atoms with Crippen LogP contribution in [-0.4, -0.2) is 40.3 Å². The van der Waals surface area contributed by atoms with Gasteiger partial charge in [0.25, 0.3) is 0 Å². The van der Waals surface area contributed by atoms with E-state index in [4.69, 9.17) is 0 Å². The number of thiazole rings is 1. The van der Waals surface area contributed by atoms with Crippen molar-refractivity contribution in [3.8, 4) is 0 Å². The van der Waals surface area contributed by atoms with Crippen molar-refractivity contribution in [1.82, 2.24) is 14.8 Å². The zero-order valence-corrected chi connectivity index (χ0v) is 15.3. The summed E-state index contributed by atoms with van der Waals surface area (Å²) in [6.45, 7) is 3.86. The summed E-state index contributed by atoms with van der Waals surface area (Å²) in [6.07, 6.45) is 4.36. The fourth-order valence-corrected chi connectivity index (χ4v) is 4.68. The Morgan fingerprint density at radius 3 is 2.65 bits per heavy atom. The topological polar surface area (TPSA) is 36.4 Å². The maximum absolute atomic E-state index is 13.4. The van der Waals surface area contributed by atoms with E-state index in [0.29, 0.717) is 25.1 Å². The second kappa shape index (κ2) is 7.04. The SMILES string of the molecule is O=C1CC2(CCN(Cc3nccs3)CC2)CN1Cc1ccc(F)c(F)c1. The zero-order valence-electron chi connectivity index (χ0n) is 14.5. The monoisotopic (exact) mass is 377 g/mol. The van der Waals surface area contributed by atoms with E-state index in [0.717, 1.165) is 43.5 Å². The molecule has 2 saturated heterocycles. The second-order valence-corrected chi connectivity index (χ2v) is 8.36. The molecule has 138 valence electrons. The lowest BCUT2D eigenvalue weighted by Gasteiger charge is -2.38. The first-order valence-corrected chi connectivity index (χ1v) is 9.73. The number of hydrogen-bond donors (Lipinski definition) is 0. The molecule has 4 rings (SSSR count). The minimum atomic E-state index is -0.862. The van der Waals surface area contributed by atoms with Gasteiger partial charge in [0.1, 0.15) is 5.01 Å². The van der Waals surface area contributed by atoms with Crippen molar-refractivity contribution in [2.45, 2.75) is 32.4 Å². The predicted octanol–water partition coefficient (Wildman–Crippen LogP) is 3.44. The number of aromatic nitrogens is 1. The van der Waals surface area contributed by atoms with E-state index in [1.54, 1.807) is 22.3 Å². The molecule has 0 saturated carbocycles. The Hall–Kier alpha value is -1.86. The largest absolute Gasteiger partial charge is 0.338 e. The van der Waals surface area contributed by atoms with E-state index in [-0.39, 0.29) is 11.3 Å². The van der Waals surface area contributed by atoms with Gasteiger partial charge in [0.15, 0.2) is 11.6 Å². The first-order chi connectivity index (χ1) is 12.5. The molecule has 1 spiro atoms. The number of nitrogens with zero attached hydrogens (tertiary/aromatic N) is 3. The smallest absolute Gasteiger partial charge is 0.223 e. The molecule has 2 fully saturated rings. The quantitative estimate of drug-likeness (QED) is 0.819. The molecule has 7 heteroatoms. The number of hydrogen-bond acceptors (Lipinski definition) is 4. The Bertz CT molecular complexity index is 788. The molecule has 1 aromatic carbocycles. The standard InChI is InChI=1S/C19H21F2N3OS/c20-15-2-1-14(9-16(15)21)11-24-13-19(10-18(24)25)3-6-23(7-4-19)12-17-22-5-8-26-17/h1-2,5,8-9H,3-4,6-7,10-13H2. The van der Waals surface area contributed by atoms with Crippen molar-refractivity contribution < 1.29 is 13.6 Å². The average molecular weight is 377 g/mol. The van der Waals surface area contributed by atoms with Gasteiger partial charge in [-0.3, -0.25) is 9.69 Å². The van der Waals surface area contributed by atoms with Crippen LogP contribution in [0.2, 0.25) is 0 Å². The van der Waals surface area contributed by atoms with Gasteiger partial charge < -0.3 is 4.90 Å². The Morgan fingerprint density at radius 1 is 1.15 bits per heavy atom. The van der Waals surface area contributed by atoms with Crippen molar-refractivity contribution >= 4 is 17.2 Å². The molecule has 4 nitrogen and oxygen atoms in total. The van der Waals surface area contributed by atoms with E-state index in [1.807, 2.05) is 11.6 Å². The highest BCUT2D eigenvalue weighted by molar-refractivity contribution is 7.09. The maximum Gasteiger partial charge on any atom is 0.223 e. The molecule has 2 aliphatic heterocycles. The van der Waals surface area contributed by atoms with Gasteiger partial charge in [0.2, 0.25) is 5.91 Å². The Kier molecular flexibility index (Phi) is 4.75. The number of carbonyl (C=O) groups excluding carboxylic acids is 1. The summed E-state index contributed by atoms with van der Waals surface area (Å²) in [4.78, 5) is 21.0. The molecular weight excluding hydrogens is 356 g/mol. The Morgan fingerprint density at radius 2 is 1.96 bits per heavy atom. The van der Waals surface area contributed by atoms with Crippen LogP contribution in [0.15, 0.2) is 29.8 Å². The van der Waals surface area contributed by atoms with Gasteiger partial charge in [-0.1, -0.05) is 6.07 Å². The summed E-state index contributed by atoms with van der Waals surface area (Å²) in [5.41, 5.74) is 0.658. The van der Waals surface area contributed by atoms with E-state index < -0.39 is 11.6 Å². The Labute approximate surface area is 155 Å². The number of rotatable bonds is 4. The van der Waals surface area contributed by atoms with E-state index in [2.05, 4.69) is 9.88 Å². The Balaban J connectivity index is 1.36. The lowest BCUT2D eigenvalue weighted by molar-refractivity contribution is -0.128. The van der Waals surface area contributed by atoms with Crippen LogP contribution in [0.3, 0.4) is 0 Å². The van der Waals surface area contributed by atoms with Crippen molar-refractivity contribution in [2.75, 3.05) is 19.6 Å². The van der Waals surface area contributed by atoms with Crippen molar-refractivity contribution in [3.05, 3.63) is 52.0 Å². The first-order valence-electron chi connectivity index (χ1n) is 8.85. The predicted molar refractivity (Wildman–Crippen MR) is 95.5 cm³/mol. The van der Waals surface area contributed by atoms with Gasteiger partial charge in [-0.2, -0.15) is 0 Å². The van der Waals surface area contributed by atoms with Gasteiger partial charge in [-0.25, -0.2) is 13.8 Å². The van der Waals surface area contributed by atoms with Crippen LogP contribution in [0.25, 0.3) is 0 Å². The van der Waals surface area contributed by atoms with Crippen LogP contribution in [0, 0.1) is 17.0 Å². The third-order valence-corrected chi connectivity index (χ3v) is 6.29. The molecule has 1 amide bonds. The summed E-state index contributed by atoms with van der Waals surface area (Å²) >= 11 is 1.67. The van der Waals surface area contributed by atoms with Gasteiger partial charge >= 0.3 is 0 Å². The summed E-state index contributed by atoms with van der Waals surface area (Å²) < 4.78 is 26.5. The summed E-state index contributed by atoms with van der Waals surface area (Å²) in [6, 6.07) is 3.86. The van der Waals surface area contributed by atoms with E-state index >= 15 is 0 Å². The third kappa shape index (κ3) is 3.64. The fourth-order valence-electron chi connectivity index (χ4n) is 4.03. The highest BCUT2D eigenvalue weighted by atomic mass is 32.1. The van der Waals surface area contributed by atoms with Gasteiger partial charge in [-0.05, 0) is 49.0 Å². The van der Waals surface area contributed by atoms with Crippen molar-refractivity contribution in [3.63, 3.8) is 0 Å². The number of piperidine rings is 1. The van der Waals surface area contributed by atoms with Crippen LogP contribution >= 0.6 is 11.3 Å². The van der Waals surface area contributed by atoms with E-state index in [1.165, 1.54) is 6.07 Å². The molecule has 0 aliphatic carbocycles. The molecule has 2 aliphatic rings. The van der Waals surface area contributed by atoms with Crippen LogP contribution in [0.4, 0.5) is 8.78 Å². The molecule has 0 bridgehead atoms. The summed E-state index contributed by atoms with van der Waals surface area (Å²) in [5, 5.41) is 3.12. The van der Waals surface area contributed by atoms with E-state index in [9.17, 15) is 13.6 Å². The molecule has 26 heavy (non-hydrogen) atoms. The lowest BCUT2D eigenvalue weighted by atomic mass is 9.77. The van der Waals surface area contributed by atoms with Gasteiger partial charge in [0, 0.05) is 31.1 Å². The average Bonchev–Trinajstić information content (AvgIpc) is 3.22. The first kappa shape index (κ1) is 17.5.